The highest BCUT2D eigenvalue weighted by atomic mass is 32.2. The molecule has 1 unspecified atom stereocenters. The zero-order valence-electron chi connectivity index (χ0n) is 14.6. The normalized spacial score (nSPS) is 25.7. The summed E-state index contributed by atoms with van der Waals surface area (Å²) < 4.78 is 58.1. The Kier molecular flexibility index (Phi) is 4.61. The van der Waals surface area contributed by atoms with Crippen LogP contribution in [0, 0.1) is 12.3 Å². The topological polar surface area (TPSA) is 45.7 Å². The first-order valence-corrected chi connectivity index (χ1v) is 9.91. The van der Waals surface area contributed by atoms with Gasteiger partial charge in [0, 0.05) is 57.0 Å². The number of pyridine rings is 1. The van der Waals surface area contributed by atoms with E-state index < -0.39 is 22.9 Å². The predicted molar refractivity (Wildman–Crippen MR) is 89.8 cm³/mol. The maximum absolute atomic E-state index is 12.7. The lowest BCUT2D eigenvalue weighted by atomic mass is 9.73. The number of nitrogens with zero attached hydrogens (tertiary/aromatic N) is 3. The summed E-state index contributed by atoms with van der Waals surface area (Å²) in [4.78, 5) is 6.30. The van der Waals surface area contributed by atoms with E-state index in [0.717, 1.165) is 64.5 Å². The van der Waals surface area contributed by atoms with Crippen molar-refractivity contribution in [1.82, 2.24) is 14.2 Å². The molecule has 0 radical (unpaired) electrons. The van der Waals surface area contributed by atoms with Gasteiger partial charge in [0.15, 0.2) is 0 Å². The fraction of sp³-hybridized carbons (Fsp3) is 0.706. The van der Waals surface area contributed by atoms with Gasteiger partial charge in [0.1, 0.15) is 16.7 Å². The van der Waals surface area contributed by atoms with E-state index in [4.69, 9.17) is 4.74 Å². The van der Waals surface area contributed by atoms with E-state index in [1.165, 1.54) is 0 Å². The molecule has 0 amide bonds. The van der Waals surface area contributed by atoms with E-state index in [0.29, 0.717) is 16.5 Å². The summed E-state index contributed by atoms with van der Waals surface area (Å²) in [6, 6.07) is 1.56. The molecule has 0 aromatic carbocycles. The Bertz CT molecular complexity index is 708. The fourth-order valence-corrected chi connectivity index (χ4v) is 5.70. The van der Waals surface area contributed by atoms with Crippen LogP contribution < -0.4 is 0 Å². The predicted octanol–water partition coefficient (Wildman–Crippen LogP) is 2.23. The van der Waals surface area contributed by atoms with Gasteiger partial charge in [-0.15, -0.1) is 0 Å². The molecule has 9 heteroatoms. The molecule has 3 saturated heterocycles. The smallest absolute Gasteiger partial charge is 0.381 e. The van der Waals surface area contributed by atoms with Gasteiger partial charge in [-0.2, -0.15) is 13.2 Å². The van der Waals surface area contributed by atoms with Gasteiger partial charge in [0.05, 0.1) is 4.90 Å². The molecule has 0 bridgehead atoms. The van der Waals surface area contributed by atoms with Gasteiger partial charge in [0.25, 0.3) is 0 Å². The van der Waals surface area contributed by atoms with Crippen molar-refractivity contribution in [2.24, 2.45) is 5.41 Å². The third-order valence-corrected chi connectivity index (χ3v) is 7.11. The number of aryl methyl sites for hydroxylation is 1. The fourth-order valence-electron chi connectivity index (χ4n) is 4.16. The highest BCUT2D eigenvalue weighted by molar-refractivity contribution is 7.82. The lowest BCUT2D eigenvalue weighted by Gasteiger charge is -2.61. The van der Waals surface area contributed by atoms with E-state index in [9.17, 15) is 17.4 Å². The number of alkyl halides is 3. The molecule has 1 spiro atoms. The molecule has 3 fully saturated rings. The number of ether oxygens (including phenoxy) is 1. The van der Waals surface area contributed by atoms with Crippen LogP contribution in [-0.2, 0) is 21.9 Å². The van der Waals surface area contributed by atoms with Crippen LogP contribution in [0.5, 0.6) is 0 Å². The van der Waals surface area contributed by atoms with E-state index in [-0.39, 0.29) is 5.41 Å². The van der Waals surface area contributed by atoms with Crippen LogP contribution in [0.3, 0.4) is 0 Å². The van der Waals surface area contributed by atoms with E-state index >= 15 is 0 Å². The molecule has 1 aromatic rings. The Morgan fingerprint density at radius 2 is 1.88 bits per heavy atom. The molecule has 3 aliphatic heterocycles. The van der Waals surface area contributed by atoms with Crippen molar-refractivity contribution in [3.63, 3.8) is 0 Å². The molecule has 3 aliphatic rings. The summed E-state index contributed by atoms with van der Waals surface area (Å²) in [5.41, 5.74) is -0.382. The lowest BCUT2D eigenvalue weighted by molar-refractivity contribution is -0.141. The summed E-state index contributed by atoms with van der Waals surface area (Å²) in [5, 5.41) is 0. The molecular formula is C17H22F3N3O2S. The summed E-state index contributed by atoms with van der Waals surface area (Å²) >= 11 is 0. The lowest BCUT2D eigenvalue weighted by Crippen LogP contribution is -2.73. The van der Waals surface area contributed by atoms with Crippen molar-refractivity contribution in [1.29, 1.82) is 0 Å². The number of likely N-dealkylation sites (tertiary alicyclic amines) is 1. The van der Waals surface area contributed by atoms with Crippen LogP contribution in [0.15, 0.2) is 17.2 Å². The Balaban J connectivity index is 1.34. The van der Waals surface area contributed by atoms with Crippen LogP contribution >= 0.6 is 0 Å². The van der Waals surface area contributed by atoms with Gasteiger partial charge in [-0.1, -0.05) is 0 Å². The molecule has 26 heavy (non-hydrogen) atoms. The van der Waals surface area contributed by atoms with Crippen molar-refractivity contribution in [2.75, 3.05) is 39.4 Å². The van der Waals surface area contributed by atoms with Gasteiger partial charge in [-0.3, -0.25) is 9.88 Å². The molecule has 5 nitrogen and oxygen atoms in total. The summed E-state index contributed by atoms with van der Waals surface area (Å²) in [6.07, 6.45) is -1.23. The quantitative estimate of drug-likeness (QED) is 0.795. The average Bonchev–Trinajstić information content (AvgIpc) is 2.52. The Labute approximate surface area is 153 Å². The van der Waals surface area contributed by atoms with Crippen molar-refractivity contribution in [3.8, 4) is 0 Å². The minimum atomic E-state index is -4.48. The largest absolute Gasteiger partial charge is 0.433 e. The molecule has 1 atom stereocenters. The summed E-state index contributed by atoms with van der Waals surface area (Å²) in [5.74, 6) is 0. The molecule has 0 saturated carbocycles. The molecule has 0 N–H and O–H groups in total. The molecular weight excluding hydrogens is 367 g/mol. The first-order valence-electron chi connectivity index (χ1n) is 8.80. The third-order valence-electron chi connectivity index (χ3n) is 5.58. The second kappa shape index (κ2) is 6.54. The van der Waals surface area contributed by atoms with Gasteiger partial charge in [0.2, 0.25) is 0 Å². The number of hydrogen-bond acceptors (Lipinski definition) is 4. The molecule has 1 aromatic heterocycles. The van der Waals surface area contributed by atoms with Crippen molar-refractivity contribution < 1.29 is 22.1 Å². The highest BCUT2D eigenvalue weighted by Gasteiger charge is 2.54. The SMILES string of the molecule is Cc1cc(C(F)(F)F)ncc1S(=O)N1CC2(CN(C3CCOCC3)C2)C1. The van der Waals surface area contributed by atoms with Gasteiger partial charge >= 0.3 is 6.18 Å². The monoisotopic (exact) mass is 389 g/mol. The molecule has 4 rings (SSSR count). The number of aromatic nitrogens is 1. The maximum Gasteiger partial charge on any atom is 0.433 e. The zero-order chi connectivity index (χ0) is 18.5. The Hall–Kier alpha value is -1.03. The molecule has 0 aliphatic carbocycles. The standard InChI is InChI=1S/C17H22F3N3O2S/c1-12-6-15(17(18,19)20)21-7-14(12)26(24)23-10-16(11-23)8-22(9-16)13-2-4-25-5-3-13/h6-7,13H,2-5,8-11H2,1H3. The first kappa shape index (κ1) is 18.3. The van der Waals surface area contributed by atoms with Gasteiger partial charge < -0.3 is 4.74 Å². The number of halogens is 3. The van der Waals surface area contributed by atoms with Crippen LogP contribution in [-0.4, -0.2) is 63.8 Å². The first-order chi connectivity index (χ1) is 12.3. The number of hydrogen-bond donors (Lipinski definition) is 0. The summed E-state index contributed by atoms with van der Waals surface area (Å²) in [6.45, 7) is 6.66. The number of rotatable bonds is 3. The van der Waals surface area contributed by atoms with Crippen molar-refractivity contribution >= 4 is 11.0 Å². The van der Waals surface area contributed by atoms with E-state index in [1.54, 1.807) is 6.92 Å². The second-order valence-corrected chi connectivity index (χ2v) is 9.08. The maximum atomic E-state index is 12.7. The third kappa shape index (κ3) is 3.30. The minimum Gasteiger partial charge on any atom is -0.381 e. The van der Waals surface area contributed by atoms with E-state index in [1.807, 2.05) is 4.31 Å². The van der Waals surface area contributed by atoms with Crippen LogP contribution in [0.25, 0.3) is 0 Å². The second-order valence-electron chi connectivity index (χ2n) is 7.63. The highest BCUT2D eigenvalue weighted by Crippen LogP contribution is 2.43. The van der Waals surface area contributed by atoms with Crippen molar-refractivity contribution in [2.45, 2.75) is 36.9 Å². The molecule has 144 valence electrons. The molecule has 4 heterocycles. The van der Waals surface area contributed by atoms with Crippen LogP contribution in [0.4, 0.5) is 13.2 Å². The van der Waals surface area contributed by atoms with Crippen molar-refractivity contribution in [3.05, 3.63) is 23.5 Å². The minimum absolute atomic E-state index is 0.196. The Morgan fingerprint density at radius 1 is 1.23 bits per heavy atom. The average molecular weight is 389 g/mol. The Morgan fingerprint density at radius 3 is 2.46 bits per heavy atom. The van der Waals surface area contributed by atoms with Gasteiger partial charge in [-0.05, 0) is 31.4 Å². The van der Waals surface area contributed by atoms with E-state index in [2.05, 4.69) is 9.88 Å². The summed E-state index contributed by atoms with van der Waals surface area (Å²) in [7, 11) is -1.45. The van der Waals surface area contributed by atoms with Gasteiger partial charge in [-0.25, -0.2) is 8.51 Å². The van der Waals surface area contributed by atoms with Crippen LogP contribution in [0.2, 0.25) is 0 Å². The zero-order valence-corrected chi connectivity index (χ0v) is 15.4. The van der Waals surface area contributed by atoms with Crippen LogP contribution in [0.1, 0.15) is 24.1 Å².